The van der Waals surface area contributed by atoms with Crippen LogP contribution in [0, 0.1) is 0 Å². The highest BCUT2D eigenvalue weighted by Gasteiger charge is 2.17. The van der Waals surface area contributed by atoms with E-state index in [0.717, 1.165) is 0 Å². The molecule has 1 amide bonds. The average Bonchev–Trinajstić information content (AvgIpc) is 2.73. The van der Waals surface area contributed by atoms with Crippen LogP contribution >= 0.6 is 11.6 Å². The van der Waals surface area contributed by atoms with Gasteiger partial charge in [0.15, 0.2) is 12.4 Å². The number of benzene rings is 3. The summed E-state index contributed by atoms with van der Waals surface area (Å²) in [6, 6.07) is 21.4. The first-order chi connectivity index (χ1) is 13.5. The Morgan fingerprint density at radius 3 is 2.14 bits per heavy atom. The van der Waals surface area contributed by atoms with Gasteiger partial charge in [-0.2, -0.15) is 0 Å². The van der Waals surface area contributed by atoms with Crippen LogP contribution in [0.25, 0.3) is 0 Å². The van der Waals surface area contributed by atoms with Gasteiger partial charge >= 0.3 is 5.97 Å². The van der Waals surface area contributed by atoms with Gasteiger partial charge in [0.2, 0.25) is 0 Å². The molecule has 5 nitrogen and oxygen atoms in total. The molecular weight excluding hydrogens is 378 g/mol. The second kappa shape index (κ2) is 8.97. The number of Topliss-reactive ketones (excluding diaryl/α,β-unsaturated/α-hetero) is 1. The Labute approximate surface area is 166 Å². The molecule has 0 aliphatic rings. The Balaban J connectivity index is 1.68. The van der Waals surface area contributed by atoms with E-state index in [1.807, 2.05) is 0 Å². The standard InChI is InChI=1S/C22H16ClNO4/c23-17-12-10-15(11-13-17)20(25)14-28-22(27)18-8-4-5-9-19(18)24-21(26)16-6-2-1-3-7-16/h1-13H,14H2,(H,24,26). The highest BCUT2D eigenvalue weighted by molar-refractivity contribution is 6.30. The van der Waals surface area contributed by atoms with Gasteiger partial charge in [-0.15, -0.1) is 0 Å². The van der Waals surface area contributed by atoms with E-state index in [1.165, 1.54) is 6.07 Å². The summed E-state index contributed by atoms with van der Waals surface area (Å²) in [6.07, 6.45) is 0. The van der Waals surface area contributed by atoms with Crippen LogP contribution in [0.1, 0.15) is 31.1 Å². The molecule has 0 saturated heterocycles. The van der Waals surface area contributed by atoms with Gasteiger partial charge in [0, 0.05) is 16.1 Å². The lowest BCUT2D eigenvalue weighted by Crippen LogP contribution is -2.18. The number of ketones is 1. The van der Waals surface area contributed by atoms with Gasteiger partial charge in [-0.05, 0) is 48.5 Å². The number of anilines is 1. The fourth-order valence-corrected chi connectivity index (χ4v) is 2.61. The monoisotopic (exact) mass is 393 g/mol. The van der Waals surface area contributed by atoms with Crippen molar-refractivity contribution in [2.24, 2.45) is 0 Å². The first-order valence-electron chi connectivity index (χ1n) is 8.46. The summed E-state index contributed by atoms with van der Waals surface area (Å²) in [5, 5.41) is 3.20. The number of esters is 1. The molecule has 0 aliphatic carbocycles. The Morgan fingerprint density at radius 1 is 0.786 bits per heavy atom. The number of rotatable bonds is 6. The maximum absolute atomic E-state index is 12.4. The van der Waals surface area contributed by atoms with Crippen molar-refractivity contribution in [2.45, 2.75) is 0 Å². The van der Waals surface area contributed by atoms with E-state index in [-0.39, 0.29) is 17.3 Å². The Bertz CT molecular complexity index is 1000. The number of amides is 1. The zero-order valence-electron chi connectivity index (χ0n) is 14.7. The number of halogens is 1. The number of para-hydroxylation sites is 1. The van der Waals surface area contributed by atoms with Crippen LogP contribution in [0.15, 0.2) is 78.9 Å². The third-order valence-corrected chi connectivity index (χ3v) is 4.18. The van der Waals surface area contributed by atoms with E-state index >= 15 is 0 Å². The summed E-state index contributed by atoms with van der Waals surface area (Å²) < 4.78 is 5.13. The van der Waals surface area contributed by atoms with Crippen molar-refractivity contribution in [3.05, 3.63) is 101 Å². The Kier molecular flexibility index (Phi) is 6.19. The van der Waals surface area contributed by atoms with Gasteiger partial charge in [-0.1, -0.05) is 41.9 Å². The van der Waals surface area contributed by atoms with E-state index in [1.54, 1.807) is 72.8 Å². The van der Waals surface area contributed by atoms with Crippen LogP contribution in [0.3, 0.4) is 0 Å². The lowest BCUT2D eigenvalue weighted by Gasteiger charge is -2.11. The Morgan fingerprint density at radius 2 is 1.43 bits per heavy atom. The molecule has 0 fully saturated rings. The molecule has 0 heterocycles. The fourth-order valence-electron chi connectivity index (χ4n) is 2.48. The molecule has 0 atom stereocenters. The molecule has 0 aliphatic heterocycles. The third-order valence-electron chi connectivity index (χ3n) is 3.93. The summed E-state index contributed by atoms with van der Waals surface area (Å²) >= 11 is 5.80. The van der Waals surface area contributed by atoms with Gasteiger partial charge in [0.25, 0.3) is 5.91 Å². The van der Waals surface area contributed by atoms with Crippen LogP contribution < -0.4 is 5.32 Å². The predicted octanol–water partition coefficient (Wildman–Crippen LogP) is 4.63. The van der Waals surface area contributed by atoms with Crippen LogP contribution in [-0.2, 0) is 4.74 Å². The van der Waals surface area contributed by atoms with E-state index in [0.29, 0.717) is 21.8 Å². The minimum Gasteiger partial charge on any atom is -0.454 e. The summed E-state index contributed by atoms with van der Waals surface area (Å²) in [5.41, 5.74) is 1.32. The number of hydrogen-bond acceptors (Lipinski definition) is 4. The van der Waals surface area contributed by atoms with Gasteiger partial charge in [0.05, 0.1) is 11.3 Å². The number of carbonyl (C=O) groups is 3. The normalized spacial score (nSPS) is 10.2. The molecule has 0 saturated carbocycles. The highest BCUT2D eigenvalue weighted by Crippen LogP contribution is 2.18. The zero-order valence-corrected chi connectivity index (χ0v) is 15.5. The minimum absolute atomic E-state index is 0.163. The predicted molar refractivity (Wildman–Crippen MR) is 107 cm³/mol. The summed E-state index contributed by atoms with van der Waals surface area (Å²) in [6.45, 7) is -0.415. The second-order valence-corrected chi connectivity index (χ2v) is 6.31. The van der Waals surface area contributed by atoms with Crippen molar-refractivity contribution in [1.29, 1.82) is 0 Å². The molecule has 140 valence electrons. The highest BCUT2D eigenvalue weighted by atomic mass is 35.5. The molecule has 0 unspecified atom stereocenters. The first kappa shape index (κ1) is 19.3. The van der Waals surface area contributed by atoms with Crippen molar-refractivity contribution in [3.63, 3.8) is 0 Å². The number of nitrogens with one attached hydrogen (secondary N) is 1. The fraction of sp³-hybridized carbons (Fsp3) is 0.0455. The van der Waals surface area contributed by atoms with Crippen LogP contribution in [-0.4, -0.2) is 24.3 Å². The van der Waals surface area contributed by atoms with Crippen molar-refractivity contribution >= 4 is 34.9 Å². The first-order valence-corrected chi connectivity index (χ1v) is 8.84. The summed E-state index contributed by atoms with van der Waals surface area (Å²) in [7, 11) is 0. The van der Waals surface area contributed by atoms with Crippen molar-refractivity contribution in [2.75, 3.05) is 11.9 Å². The summed E-state index contributed by atoms with van der Waals surface area (Å²) in [5.74, 6) is -1.40. The molecule has 0 aromatic heterocycles. The van der Waals surface area contributed by atoms with E-state index in [4.69, 9.17) is 16.3 Å². The van der Waals surface area contributed by atoms with E-state index in [2.05, 4.69) is 5.32 Å². The molecule has 3 aromatic carbocycles. The third kappa shape index (κ3) is 4.84. The smallest absolute Gasteiger partial charge is 0.340 e. The SMILES string of the molecule is O=C(COC(=O)c1ccccc1NC(=O)c1ccccc1)c1ccc(Cl)cc1. The molecule has 3 rings (SSSR count). The minimum atomic E-state index is -0.703. The molecule has 0 radical (unpaired) electrons. The number of hydrogen-bond donors (Lipinski definition) is 1. The zero-order chi connectivity index (χ0) is 19.9. The number of ether oxygens (including phenoxy) is 1. The molecule has 0 spiro atoms. The van der Waals surface area contributed by atoms with Crippen LogP contribution in [0.5, 0.6) is 0 Å². The van der Waals surface area contributed by atoms with Gasteiger partial charge in [-0.3, -0.25) is 9.59 Å². The lowest BCUT2D eigenvalue weighted by molar-refractivity contribution is 0.0475. The topological polar surface area (TPSA) is 72.5 Å². The molecule has 0 bridgehead atoms. The maximum atomic E-state index is 12.4. The molecule has 1 N–H and O–H groups in total. The van der Waals surface area contributed by atoms with Crippen LogP contribution in [0.4, 0.5) is 5.69 Å². The van der Waals surface area contributed by atoms with Crippen LogP contribution in [0.2, 0.25) is 5.02 Å². The van der Waals surface area contributed by atoms with Gasteiger partial charge in [-0.25, -0.2) is 4.79 Å². The van der Waals surface area contributed by atoms with Crippen molar-refractivity contribution in [1.82, 2.24) is 0 Å². The maximum Gasteiger partial charge on any atom is 0.340 e. The summed E-state index contributed by atoms with van der Waals surface area (Å²) in [4.78, 5) is 36.9. The average molecular weight is 394 g/mol. The molecular formula is C22H16ClNO4. The van der Waals surface area contributed by atoms with E-state index in [9.17, 15) is 14.4 Å². The quantitative estimate of drug-likeness (QED) is 0.489. The van der Waals surface area contributed by atoms with Gasteiger partial charge in [0.1, 0.15) is 0 Å². The number of carbonyl (C=O) groups excluding carboxylic acids is 3. The molecule has 28 heavy (non-hydrogen) atoms. The largest absolute Gasteiger partial charge is 0.454 e. The van der Waals surface area contributed by atoms with E-state index < -0.39 is 12.6 Å². The van der Waals surface area contributed by atoms with Crippen molar-refractivity contribution < 1.29 is 19.1 Å². The second-order valence-electron chi connectivity index (χ2n) is 5.87. The lowest BCUT2D eigenvalue weighted by atomic mass is 10.1. The van der Waals surface area contributed by atoms with Gasteiger partial charge < -0.3 is 10.1 Å². The molecule has 6 heteroatoms. The Hall–Kier alpha value is -3.44. The molecule has 3 aromatic rings. The van der Waals surface area contributed by atoms with Crippen molar-refractivity contribution in [3.8, 4) is 0 Å².